The van der Waals surface area contributed by atoms with Gasteiger partial charge < -0.3 is 26.1 Å². The Morgan fingerprint density at radius 2 is 2.11 bits per heavy atom. The van der Waals surface area contributed by atoms with Gasteiger partial charge in [0.05, 0.1) is 25.2 Å². The van der Waals surface area contributed by atoms with Crippen molar-refractivity contribution in [2.75, 3.05) is 26.9 Å². The van der Waals surface area contributed by atoms with Crippen LogP contribution in [0.5, 0.6) is 0 Å². The molecule has 1 rings (SSSR count). The summed E-state index contributed by atoms with van der Waals surface area (Å²) in [6.45, 7) is 0.814. The Morgan fingerprint density at radius 1 is 1.42 bits per heavy atom. The van der Waals surface area contributed by atoms with Crippen LogP contribution in [0.4, 0.5) is 0 Å². The zero-order valence-corrected chi connectivity index (χ0v) is 11.0. The van der Waals surface area contributed by atoms with Gasteiger partial charge in [0.25, 0.3) is 0 Å². The highest BCUT2D eigenvalue weighted by Crippen LogP contribution is 2.15. The fourth-order valence-corrected chi connectivity index (χ4v) is 1.81. The molecule has 106 valence electrons. The van der Waals surface area contributed by atoms with Gasteiger partial charge in [0, 0.05) is 13.7 Å². The molecule has 5 N–H and O–H groups in total. The van der Waals surface area contributed by atoms with Gasteiger partial charge in [0.15, 0.2) is 0 Å². The Morgan fingerprint density at radius 3 is 2.63 bits per heavy atom. The molecule has 0 aliphatic rings. The first kappa shape index (κ1) is 15.4. The third-order valence-electron chi connectivity index (χ3n) is 2.87. The van der Waals surface area contributed by atoms with Crippen molar-refractivity contribution in [2.24, 2.45) is 10.9 Å². The summed E-state index contributed by atoms with van der Waals surface area (Å²) in [4.78, 5) is 0. The first-order valence-corrected chi connectivity index (χ1v) is 6.08. The number of benzene rings is 1. The van der Waals surface area contributed by atoms with Crippen LogP contribution in [0.2, 0.25) is 0 Å². The van der Waals surface area contributed by atoms with Gasteiger partial charge in [-0.25, -0.2) is 0 Å². The minimum Gasteiger partial charge on any atom is -0.409 e. The van der Waals surface area contributed by atoms with Crippen LogP contribution in [0, 0.1) is 0 Å². The minimum absolute atomic E-state index is 0.0362. The molecule has 0 radical (unpaired) electrons. The second-order valence-electron chi connectivity index (χ2n) is 4.23. The van der Waals surface area contributed by atoms with Crippen molar-refractivity contribution in [3.05, 3.63) is 35.9 Å². The lowest BCUT2D eigenvalue weighted by Gasteiger charge is -2.21. The smallest absolute Gasteiger partial charge is 0.147 e. The van der Waals surface area contributed by atoms with E-state index in [1.165, 1.54) is 0 Å². The number of nitrogens with two attached hydrogens (primary N) is 1. The lowest BCUT2D eigenvalue weighted by atomic mass is 9.98. The standard InChI is InChI=1S/C13H21N3O3/c1-19-9-11(8-17)15-7-12(13(14)16-18)10-5-3-2-4-6-10/h2-6,11-12,15,17-18H,7-9H2,1H3,(H2,14,16). The summed E-state index contributed by atoms with van der Waals surface area (Å²) in [6, 6.07) is 9.34. The van der Waals surface area contributed by atoms with Gasteiger partial charge in [-0.3, -0.25) is 0 Å². The maximum absolute atomic E-state index is 9.18. The molecule has 0 aliphatic carbocycles. The summed E-state index contributed by atoms with van der Waals surface area (Å²) in [5.74, 6) is -0.120. The highest BCUT2D eigenvalue weighted by Gasteiger charge is 2.18. The second kappa shape index (κ2) is 8.47. The zero-order valence-electron chi connectivity index (χ0n) is 11.0. The summed E-state index contributed by atoms with van der Waals surface area (Å²) in [5, 5.41) is 24.2. The van der Waals surface area contributed by atoms with Gasteiger partial charge in [-0.2, -0.15) is 0 Å². The van der Waals surface area contributed by atoms with E-state index in [0.717, 1.165) is 5.56 Å². The number of methoxy groups -OCH3 is 1. The number of aliphatic hydroxyl groups excluding tert-OH is 1. The van der Waals surface area contributed by atoms with Gasteiger partial charge >= 0.3 is 0 Å². The summed E-state index contributed by atoms with van der Waals surface area (Å²) >= 11 is 0. The number of aliphatic hydroxyl groups is 1. The monoisotopic (exact) mass is 267 g/mol. The van der Waals surface area contributed by atoms with Gasteiger partial charge in [-0.15, -0.1) is 0 Å². The molecule has 0 saturated heterocycles. The summed E-state index contributed by atoms with van der Waals surface area (Å²) < 4.78 is 4.99. The van der Waals surface area contributed by atoms with Crippen molar-refractivity contribution in [3.63, 3.8) is 0 Å². The zero-order chi connectivity index (χ0) is 14.1. The van der Waals surface area contributed by atoms with Crippen molar-refractivity contribution >= 4 is 5.84 Å². The van der Waals surface area contributed by atoms with Crippen LogP contribution < -0.4 is 11.1 Å². The van der Waals surface area contributed by atoms with E-state index in [-0.39, 0.29) is 24.4 Å². The number of oxime groups is 1. The summed E-state index contributed by atoms with van der Waals surface area (Å²) in [7, 11) is 1.57. The number of amidine groups is 1. The SMILES string of the molecule is COCC(CO)NCC(/C(N)=N/O)c1ccccc1. The van der Waals surface area contributed by atoms with Crippen LogP contribution in [-0.4, -0.2) is 49.1 Å². The average molecular weight is 267 g/mol. The van der Waals surface area contributed by atoms with Crippen molar-refractivity contribution in [1.82, 2.24) is 5.32 Å². The van der Waals surface area contributed by atoms with Gasteiger partial charge in [-0.1, -0.05) is 35.5 Å². The Bertz CT molecular complexity index is 384. The largest absolute Gasteiger partial charge is 0.409 e. The van der Waals surface area contributed by atoms with Crippen molar-refractivity contribution in [1.29, 1.82) is 0 Å². The van der Waals surface area contributed by atoms with Crippen LogP contribution in [-0.2, 0) is 4.74 Å². The molecule has 0 aliphatic heterocycles. The summed E-state index contributed by atoms with van der Waals surface area (Å²) in [6.07, 6.45) is 0. The molecule has 0 spiro atoms. The molecule has 19 heavy (non-hydrogen) atoms. The number of rotatable bonds is 8. The Labute approximate surface area is 112 Å². The quantitative estimate of drug-likeness (QED) is 0.232. The number of nitrogens with one attached hydrogen (secondary N) is 1. The molecule has 1 aromatic carbocycles. The van der Waals surface area contributed by atoms with Crippen molar-refractivity contribution in [3.8, 4) is 0 Å². The summed E-state index contributed by atoms with van der Waals surface area (Å²) in [5.41, 5.74) is 6.66. The Kier molecular flexibility index (Phi) is 6.88. The molecule has 0 bridgehead atoms. The first-order valence-electron chi connectivity index (χ1n) is 6.08. The van der Waals surface area contributed by atoms with Crippen LogP contribution in [0.15, 0.2) is 35.5 Å². The Hall–Kier alpha value is -1.63. The molecule has 0 saturated carbocycles. The normalized spacial score (nSPS) is 15.2. The van der Waals surface area contributed by atoms with E-state index < -0.39 is 0 Å². The van der Waals surface area contributed by atoms with E-state index >= 15 is 0 Å². The highest BCUT2D eigenvalue weighted by molar-refractivity contribution is 5.87. The van der Waals surface area contributed by atoms with Crippen LogP contribution >= 0.6 is 0 Å². The molecule has 1 aromatic rings. The van der Waals surface area contributed by atoms with Gasteiger partial charge in [0.2, 0.25) is 0 Å². The fourth-order valence-electron chi connectivity index (χ4n) is 1.81. The molecule has 0 fully saturated rings. The lowest BCUT2D eigenvalue weighted by molar-refractivity contribution is 0.128. The van der Waals surface area contributed by atoms with Crippen LogP contribution in [0.25, 0.3) is 0 Å². The second-order valence-corrected chi connectivity index (χ2v) is 4.23. The number of nitrogens with zero attached hydrogens (tertiary/aromatic N) is 1. The molecule has 0 heterocycles. The molecule has 0 aromatic heterocycles. The molecule has 2 atom stereocenters. The molecule has 2 unspecified atom stereocenters. The predicted molar refractivity (Wildman–Crippen MR) is 73.3 cm³/mol. The van der Waals surface area contributed by atoms with E-state index in [1.807, 2.05) is 30.3 Å². The fraction of sp³-hybridized carbons (Fsp3) is 0.462. The lowest BCUT2D eigenvalue weighted by Crippen LogP contribution is -2.41. The predicted octanol–water partition coefficient (Wildman–Crippen LogP) is 0.114. The Balaban J connectivity index is 2.71. The highest BCUT2D eigenvalue weighted by atomic mass is 16.5. The maximum atomic E-state index is 9.18. The van der Waals surface area contributed by atoms with E-state index in [9.17, 15) is 5.11 Å². The maximum Gasteiger partial charge on any atom is 0.147 e. The van der Waals surface area contributed by atoms with Crippen LogP contribution in [0.3, 0.4) is 0 Å². The van der Waals surface area contributed by atoms with Crippen LogP contribution in [0.1, 0.15) is 11.5 Å². The van der Waals surface area contributed by atoms with Gasteiger partial charge in [0.1, 0.15) is 5.84 Å². The topological polar surface area (TPSA) is 100 Å². The third kappa shape index (κ3) is 4.86. The first-order chi connectivity index (χ1) is 9.22. The van der Waals surface area contributed by atoms with Crippen molar-refractivity contribution < 1.29 is 15.1 Å². The number of hydrogen-bond acceptors (Lipinski definition) is 5. The van der Waals surface area contributed by atoms with Gasteiger partial charge in [-0.05, 0) is 5.56 Å². The minimum atomic E-state index is -0.253. The van der Waals surface area contributed by atoms with E-state index in [1.54, 1.807) is 7.11 Å². The number of hydrogen-bond donors (Lipinski definition) is 4. The van der Waals surface area contributed by atoms with Crippen molar-refractivity contribution in [2.45, 2.75) is 12.0 Å². The van der Waals surface area contributed by atoms with E-state index in [4.69, 9.17) is 15.7 Å². The third-order valence-corrected chi connectivity index (χ3v) is 2.87. The van der Waals surface area contributed by atoms with E-state index in [2.05, 4.69) is 10.5 Å². The molecule has 6 heteroatoms. The molecular formula is C13H21N3O3. The molecule has 6 nitrogen and oxygen atoms in total. The average Bonchev–Trinajstić information content (AvgIpc) is 2.47. The molecule has 0 amide bonds. The number of ether oxygens (including phenoxy) is 1. The molecular weight excluding hydrogens is 246 g/mol. The van der Waals surface area contributed by atoms with E-state index in [0.29, 0.717) is 13.2 Å².